The van der Waals surface area contributed by atoms with Crippen molar-refractivity contribution in [3.05, 3.63) is 17.2 Å². The average molecular weight is 352 g/mol. The Labute approximate surface area is 146 Å². The van der Waals surface area contributed by atoms with E-state index in [4.69, 9.17) is 16.3 Å². The molecule has 130 valence electrons. The Bertz CT molecular complexity index is 628. The second-order valence-corrected chi connectivity index (χ2v) is 6.57. The van der Waals surface area contributed by atoms with Crippen LogP contribution in [0, 0.1) is 0 Å². The summed E-state index contributed by atoms with van der Waals surface area (Å²) in [5, 5.41) is 6.24. The van der Waals surface area contributed by atoms with Gasteiger partial charge in [0.15, 0.2) is 6.61 Å². The van der Waals surface area contributed by atoms with Crippen molar-refractivity contribution in [2.45, 2.75) is 32.1 Å². The number of hydrogen-bond donors (Lipinski definition) is 2. The number of anilines is 2. The zero-order chi connectivity index (χ0) is 16.9. The lowest BCUT2D eigenvalue weighted by molar-refractivity contribution is -0.129. The third kappa shape index (κ3) is 4.12. The number of rotatable bonds is 3. The molecule has 1 aromatic rings. The minimum atomic E-state index is -0.202. The first-order valence-corrected chi connectivity index (χ1v) is 8.79. The molecule has 24 heavy (non-hydrogen) atoms. The number of amides is 2. The molecule has 6 nitrogen and oxygen atoms in total. The molecule has 1 saturated heterocycles. The van der Waals surface area contributed by atoms with Crippen LogP contribution in [0.3, 0.4) is 0 Å². The zero-order valence-corrected chi connectivity index (χ0v) is 14.3. The molecule has 0 aromatic heterocycles. The molecular formula is C17H22ClN3O3. The van der Waals surface area contributed by atoms with Crippen LogP contribution in [0.1, 0.15) is 32.1 Å². The Morgan fingerprint density at radius 3 is 2.67 bits per heavy atom. The Morgan fingerprint density at radius 2 is 1.92 bits per heavy atom. The number of benzene rings is 1. The van der Waals surface area contributed by atoms with E-state index in [9.17, 15) is 9.59 Å². The Kier molecular flexibility index (Phi) is 5.45. The van der Waals surface area contributed by atoms with Gasteiger partial charge in [0, 0.05) is 19.2 Å². The third-order valence-electron chi connectivity index (χ3n) is 4.34. The highest BCUT2D eigenvalue weighted by atomic mass is 35.5. The van der Waals surface area contributed by atoms with Gasteiger partial charge in [-0.25, -0.2) is 0 Å². The molecule has 0 saturated carbocycles. The van der Waals surface area contributed by atoms with E-state index in [0.29, 0.717) is 22.1 Å². The summed E-state index contributed by atoms with van der Waals surface area (Å²) in [6.45, 7) is 1.84. The maximum atomic E-state index is 12.4. The van der Waals surface area contributed by atoms with Gasteiger partial charge >= 0.3 is 0 Å². The number of nitrogens with one attached hydrogen (secondary N) is 2. The summed E-state index contributed by atoms with van der Waals surface area (Å²) in [4.78, 5) is 25.7. The van der Waals surface area contributed by atoms with Gasteiger partial charge in [0.1, 0.15) is 5.75 Å². The summed E-state index contributed by atoms with van der Waals surface area (Å²) in [6.07, 6.45) is 5.78. The Morgan fingerprint density at radius 1 is 1.21 bits per heavy atom. The van der Waals surface area contributed by atoms with Crippen LogP contribution in [0.2, 0.25) is 5.02 Å². The molecule has 0 aliphatic carbocycles. The highest BCUT2D eigenvalue weighted by Crippen LogP contribution is 2.36. The van der Waals surface area contributed by atoms with E-state index in [1.54, 1.807) is 12.1 Å². The van der Waals surface area contributed by atoms with Gasteiger partial charge in [-0.3, -0.25) is 9.59 Å². The molecule has 2 aliphatic heterocycles. The molecular weight excluding hydrogens is 330 g/mol. The van der Waals surface area contributed by atoms with E-state index >= 15 is 0 Å². The summed E-state index contributed by atoms with van der Waals surface area (Å²) in [5.74, 6) is 0.437. The van der Waals surface area contributed by atoms with Gasteiger partial charge in [0.2, 0.25) is 5.91 Å². The van der Waals surface area contributed by atoms with Crippen LogP contribution in [-0.4, -0.2) is 43.0 Å². The van der Waals surface area contributed by atoms with E-state index in [0.717, 1.165) is 25.9 Å². The second kappa shape index (κ2) is 7.75. The molecule has 2 amide bonds. The number of halogens is 1. The smallest absolute Gasteiger partial charge is 0.262 e. The minimum absolute atomic E-state index is 0.0131. The molecule has 2 aliphatic rings. The first kappa shape index (κ1) is 16.9. The molecule has 0 spiro atoms. The molecule has 2 N–H and O–H groups in total. The minimum Gasteiger partial charge on any atom is -0.482 e. The number of nitrogens with zero attached hydrogens (tertiary/aromatic N) is 1. The molecule has 1 fully saturated rings. The average Bonchev–Trinajstić information content (AvgIpc) is 2.52. The predicted octanol–water partition coefficient (Wildman–Crippen LogP) is 2.88. The summed E-state index contributed by atoms with van der Waals surface area (Å²) in [7, 11) is 0. The summed E-state index contributed by atoms with van der Waals surface area (Å²) in [6, 6.07) is 3.36. The third-order valence-corrected chi connectivity index (χ3v) is 4.65. The topological polar surface area (TPSA) is 70.7 Å². The lowest BCUT2D eigenvalue weighted by Gasteiger charge is -2.25. The number of likely N-dealkylation sites (tertiary alicyclic amines) is 1. The van der Waals surface area contributed by atoms with Gasteiger partial charge < -0.3 is 20.3 Å². The Balaban J connectivity index is 1.61. The molecule has 0 radical (unpaired) electrons. The van der Waals surface area contributed by atoms with Crippen LogP contribution in [0.15, 0.2) is 12.1 Å². The van der Waals surface area contributed by atoms with Crippen molar-refractivity contribution in [1.82, 2.24) is 4.90 Å². The summed E-state index contributed by atoms with van der Waals surface area (Å²) < 4.78 is 5.38. The van der Waals surface area contributed by atoms with Gasteiger partial charge in [-0.1, -0.05) is 30.9 Å². The number of fused-ring (bicyclic) bond motifs is 1. The van der Waals surface area contributed by atoms with Crippen molar-refractivity contribution in [2.75, 3.05) is 36.9 Å². The lowest BCUT2D eigenvalue weighted by atomic mass is 10.1. The van der Waals surface area contributed by atoms with Gasteiger partial charge in [-0.2, -0.15) is 0 Å². The van der Waals surface area contributed by atoms with Crippen molar-refractivity contribution in [3.8, 4) is 5.75 Å². The van der Waals surface area contributed by atoms with Crippen molar-refractivity contribution in [3.63, 3.8) is 0 Å². The molecule has 2 heterocycles. The van der Waals surface area contributed by atoms with E-state index in [-0.39, 0.29) is 25.0 Å². The molecule has 0 atom stereocenters. The van der Waals surface area contributed by atoms with Gasteiger partial charge in [-0.05, 0) is 18.9 Å². The Hall–Kier alpha value is -1.95. The molecule has 3 rings (SSSR count). The number of ether oxygens (including phenoxy) is 1. The SMILES string of the molecule is O=C1COc2cc(NCC(=O)N3CCCCCCC3)c(Cl)cc2N1. The van der Waals surface area contributed by atoms with Crippen molar-refractivity contribution in [2.24, 2.45) is 0 Å². The number of carbonyl (C=O) groups excluding carboxylic acids is 2. The number of carbonyl (C=O) groups is 2. The molecule has 7 heteroatoms. The number of hydrogen-bond acceptors (Lipinski definition) is 4. The van der Waals surface area contributed by atoms with E-state index in [1.165, 1.54) is 19.3 Å². The lowest BCUT2D eigenvalue weighted by Crippen LogP contribution is -2.37. The van der Waals surface area contributed by atoms with Gasteiger partial charge in [0.25, 0.3) is 5.91 Å². The highest BCUT2D eigenvalue weighted by molar-refractivity contribution is 6.33. The van der Waals surface area contributed by atoms with Crippen molar-refractivity contribution in [1.29, 1.82) is 0 Å². The fourth-order valence-electron chi connectivity index (χ4n) is 3.02. The first-order valence-electron chi connectivity index (χ1n) is 8.41. The molecule has 0 unspecified atom stereocenters. The van der Waals surface area contributed by atoms with E-state index in [1.807, 2.05) is 4.90 Å². The van der Waals surface area contributed by atoms with Gasteiger partial charge in [0.05, 0.1) is 22.9 Å². The standard InChI is InChI=1S/C17H22ClN3O3/c18-12-8-14-15(24-11-16(22)20-14)9-13(12)19-10-17(23)21-6-4-2-1-3-5-7-21/h8-9,19H,1-7,10-11H2,(H,20,22). The predicted molar refractivity (Wildman–Crippen MR) is 93.7 cm³/mol. The van der Waals surface area contributed by atoms with E-state index in [2.05, 4.69) is 10.6 Å². The van der Waals surface area contributed by atoms with Crippen molar-refractivity contribution < 1.29 is 14.3 Å². The second-order valence-electron chi connectivity index (χ2n) is 6.17. The van der Waals surface area contributed by atoms with Crippen LogP contribution in [-0.2, 0) is 9.59 Å². The normalized spacial score (nSPS) is 17.9. The monoisotopic (exact) mass is 351 g/mol. The first-order chi connectivity index (χ1) is 11.6. The molecule has 0 bridgehead atoms. The van der Waals surface area contributed by atoms with Crippen LogP contribution < -0.4 is 15.4 Å². The fraction of sp³-hybridized carbons (Fsp3) is 0.529. The largest absolute Gasteiger partial charge is 0.482 e. The van der Waals surface area contributed by atoms with Crippen LogP contribution in [0.4, 0.5) is 11.4 Å². The van der Waals surface area contributed by atoms with Crippen LogP contribution >= 0.6 is 11.6 Å². The summed E-state index contributed by atoms with van der Waals surface area (Å²) in [5.41, 5.74) is 1.18. The van der Waals surface area contributed by atoms with Crippen molar-refractivity contribution >= 4 is 34.8 Å². The van der Waals surface area contributed by atoms with Gasteiger partial charge in [-0.15, -0.1) is 0 Å². The fourth-order valence-corrected chi connectivity index (χ4v) is 3.25. The zero-order valence-electron chi connectivity index (χ0n) is 13.6. The van der Waals surface area contributed by atoms with E-state index < -0.39 is 0 Å². The molecule has 1 aromatic carbocycles. The van der Waals surface area contributed by atoms with Crippen LogP contribution in [0.5, 0.6) is 5.75 Å². The summed E-state index contributed by atoms with van der Waals surface area (Å²) >= 11 is 6.23. The highest BCUT2D eigenvalue weighted by Gasteiger charge is 2.19. The maximum absolute atomic E-state index is 12.4. The maximum Gasteiger partial charge on any atom is 0.262 e. The van der Waals surface area contributed by atoms with Crippen LogP contribution in [0.25, 0.3) is 0 Å². The quantitative estimate of drug-likeness (QED) is 0.878.